The number of pyridine rings is 2. The normalized spacial score (nSPS) is 11.8. The maximum absolute atomic E-state index is 14.9. The fraction of sp³-hybridized carbons (Fsp3) is 0.0769. The summed E-state index contributed by atoms with van der Waals surface area (Å²) in [5.74, 6) is -4.99. The van der Waals surface area contributed by atoms with Crippen LogP contribution in [0.15, 0.2) is 91.3 Å². The Balaban J connectivity index is 1.54. The van der Waals surface area contributed by atoms with Crippen molar-refractivity contribution >= 4 is 120 Å². The molecule has 6 rings (SSSR count). The highest BCUT2D eigenvalue weighted by atomic mass is 35.5. The van der Waals surface area contributed by atoms with Gasteiger partial charge in [-0.3, -0.25) is 19.2 Å². The Kier molecular flexibility index (Phi) is 14.0. The number of rotatable bonds is 11. The smallest absolute Gasteiger partial charge is 0.437 e. The summed E-state index contributed by atoms with van der Waals surface area (Å²) in [6.45, 7) is 0. The summed E-state index contributed by atoms with van der Waals surface area (Å²) in [4.78, 5) is 36.7. The molecule has 0 aliphatic rings. The minimum atomic E-state index is -5.05. The van der Waals surface area contributed by atoms with E-state index in [1.54, 1.807) is 0 Å². The number of halogens is 12. The van der Waals surface area contributed by atoms with Crippen molar-refractivity contribution in [1.29, 1.82) is 0 Å². The van der Waals surface area contributed by atoms with E-state index in [0.717, 1.165) is 78.1 Å². The Bertz CT molecular complexity index is 2860. The predicted octanol–water partition coefficient (Wildman–Crippen LogP) is 13.2. The molecule has 25 heteroatoms. The number of nitrogens with zero attached hydrogens (tertiary/aromatic N) is 3. The number of anilines is 5. The lowest BCUT2D eigenvalue weighted by atomic mass is 10.1. The molecule has 12 nitrogen and oxygen atoms in total. The van der Waals surface area contributed by atoms with Crippen LogP contribution in [0.25, 0.3) is 0 Å². The Labute approximate surface area is 387 Å². The number of ether oxygens (including phenoxy) is 2. The van der Waals surface area contributed by atoms with Gasteiger partial charge >= 0.3 is 12.4 Å². The van der Waals surface area contributed by atoms with Crippen molar-refractivity contribution in [2.75, 3.05) is 26.9 Å². The van der Waals surface area contributed by atoms with Crippen LogP contribution in [-0.2, 0) is 22.4 Å². The van der Waals surface area contributed by atoms with Crippen molar-refractivity contribution in [2.24, 2.45) is 0 Å². The summed E-state index contributed by atoms with van der Waals surface area (Å²) in [7, 11) is -4.14. The number of carbonyl (C=O) groups is 2. The van der Waals surface area contributed by atoms with Gasteiger partial charge in [0.1, 0.15) is 11.5 Å². The van der Waals surface area contributed by atoms with Gasteiger partial charge < -0.3 is 20.5 Å². The molecule has 4 aromatic carbocycles. The third-order valence-corrected chi connectivity index (χ3v) is 11.3. The first-order valence-electron chi connectivity index (χ1n) is 17.2. The largest absolute Gasteiger partial charge is 0.455 e. The fourth-order valence-electron chi connectivity index (χ4n) is 5.69. The van der Waals surface area contributed by atoms with Crippen LogP contribution in [0.1, 0.15) is 32.1 Å². The number of sulfonamides is 1. The van der Waals surface area contributed by atoms with Crippen LogP contribution in [0, 0.1) is 0 Å². The molecular weight excluding hydrogens is 1010 g/mol. The van der Waals surface area contributed by atoms with E-state index in [-0.39, 0.29) is 41.5 Å². The van der Waals surface area contributed by atoms with Gasteiger partial charge in [0.25, 0.3) is 11.8 Å². The molecule has 0 saturated heterocycles. The molecule has 0 aliphatic heterocycles. The summed E-state index contributed by atoms with van der Waals surface area (Å²) in [6.07, 6.45) is -7.57. The molecule has 2 amide bonds. The van der Waals surface area contributed by atoms with Gasteiger partial charge in [-0.15, -0.1) is 0 Å². The number of amides is 2. The van der Waals surface area contributed by atoms with Crippen molar-refractivity contribution in [2.45, 2.75) is 12.4 Å². The first kappa shape index (κ1) is 48.1. The molecule has 0 atom stereocenters. The second kappa shape index (κ2) is 18.6. The Hall–Kier alpha value is -5.41. The highest BCUT2D eigenvalue weighted by molar-refractivity contribution is 7.92. The van der Waals surface area contributed by atoms with Crippen molar-refractivity contribution in [1.82, 2.24) is 9.97 Å². The molecule has 0 aliphatic carbocycles. The minimum absolute atomic E-state index is 0.0996. The number of nitrogen functional groups attached to an aromatic ring is 1. The molecule has 0 unspecified atom stereocenters. The third kappa shape index (κ3) is 10.9. The van der Waals surface area contributed by atoms with Gasteiger partial charge in [-0.05, 0) is 72.8 Å². The highest BCUT2D eigenvalue weighted by Crippen LogP contribution is 2.44. The molecule has 6 aromatic rings. The molecule has 4 N–H and O–H groups in total. The number of hydrogen-bond acceptors (Lipinski definition) is 9. The van der Waals surface area contributed by atoms with Crippen molar-refractivity contribution in [3.63, 3.8) is 0 Å². The van der Waals surface area contributed by atoms with Gasteiger partial charge in [-0.1, -0.05) is 69.6 Å². The molecule has 0 fully saturated rings. The molecule has 2 heterocycles. The Morgan fingerprint density at radius 1 is 0.656 bits per heavy atom. The summed E-state index contributed by atoms with van der Waals surface area (Å²) < 4.78 is 121. The zero-order valence-corrected chi connectivity index (χ0v) is 36.8. The van der Waals surface area contributed by atoms with Crippen molar-refractivity contribution < 1.29 is 53.8 Å². The monoisotopic (exact) mass is 1030 g/mol. The zero-order valence-electron chi connectivity index (χ0n) is 31.5. The molecule has 0 saturated carbocycles. The maximum Gasteiger partial charge on any atom is 0.437 e. The average Bonchev–Trinajstić information content (AvgIpc) is 3.19. The van der Waals surface area contributed by atoms with Crippen LogP contribution < -0.4 is 30.1 Å². The lowest BCUT2D eigenvalue weighted by Crippen LogP contribution is -2.27. The number of nitrogens with one attached hydrogen (secondary N) is 2. The van der Waals surface area contributed by atoms with E-state index in [9.17, 15) is 44.3 Å². The van der Waals surface area contributed by atoms with Gasteiger partial charge in [-0.2, -0.15) is 26.3 Å². The second-order valence-corrected chi connectivity index (χ2v) is 17.1. The van der Waals surface area contributed by atoms with E-state index >= 15 is 0 Å². The van der Waals surface area contributed by atoms with Gasteiger partial charge in [0.2, 0.25) is 10.0 Å². The van der Waals surface area contributed by atoms with Crippen LogP contribution in [-0.4, -0.2) is 36.5 Å². The quantitative estimate of drug-likeness (QED) is 0.0650. The van der Waals surface area contributed by atoms with E-state index in [4.69, 9.17) is 84.8 Å². The molecule has 2 aromatic heterocycles. The predicted molar refractivity (Wildman–Crippen MR) is 232 cm³/mol. The van der Waals surface area contributed by atoms with E-state index in [1.165, 1.54) is 24.3 Å². The molecule has 64 heavy (non-hydrogen) atoms. The summed E-state index contributed by atoms with van der Waals surface area (Å²) in [6, 6.07) is 13.7. The number of benzene rings is 4. The first-order chi connectivity index (χ1) is 29.8. The molecule has 0 spiro atoms. The van der Waals surface area contributed by atoms with Gasteiger partial charge in [0, 0.05) is 18.5 Å². The van der Waals surface area contributed by atoms with Crippen LogP contribution in [0.3, 0.4) is 0 Å². The highest BCUT2D eigenvalue weighted by Gasteiger charge is 2.38. The Morgan fingerprint density at radius 3 is 1.56 bits per heavy atom. The van der Waals surface area contributed by atoms with E-state index in [2.05, 4.69) is 20.0 Å². The number of aromatic nitrogens is 2. The number of nitrogens with two attached hydrogens (primary N) is 1. The summed E-state index contributed by atoms with van der Waals surface area (Å²) in [5, 5.41) is 1.55. The van der Waals surface area contributed by atoms with E-state index in [0.29, 0.717) is 0 Å². The maximum atomic E-state index is 14.9. The van der Waals surface area contributed by atoms with Gasteiger partial charge in [-0.25, -0.2) is 18.4 Å². The standard InChI is InChI=1S/C39H22Cl6F6N6O6S/c1-64(60,61)56-27-7-6-19(62-29-4-2-8-53-34(29)38(46,47)48)14-21(27)36(58)55-28-16-20(63-30-5-3-9-54-35(30)39(49,50)51)15-22(33(28)52)37(59)57(17-10-23(40)31(44)24(41)11-17)18-12-25(42)32(45)26(43)13-18/h2-16,56H,52H2,1H3,(H,55,58). The lowest BCUT2D eigenvalue weighted by Gasteiger charge is -2.26. The molecular formula is C39H22Cl6F6N6O6S. The molecule has 0 radical (unpaired) electrons. The number of alkyl halides is 6. The Morgan fingerprint density at radius 2 is 1.11 bits per heavy atom. The van der Waals surface area contributed by atoms with Gasteiger partial charge in [0.05, 0.1) is 76.0 Å². The number of hydrogen-bond donors (Lipinski definition) is 3. The summed E-state index contributed by atoms with van der Waals surface area (Å²) >= 11 is 37.8. The summed E-state index contributed by atoms with van der Waals surface area (Å²) in [5.41, 5.74) is 0.719. The number of carbonyl (C=O) groups excluding carboxylic acids is 2. The van der Waals surface area contributed by atoms with E-state index in [1.807, 2.05) is 0 Å². The lowest BCUT2D eigenvalue weighted by molar-refractivity contribution is -0.143. The van der Waals surface area contributed by atoms with Crippen LogP contribution in [0.5, 0.6) is 23.0 Å². The second-order valence-electron chi connectivity index (χ2n) is 13.0. The first-order valence-corrected chi connectivity index (χ1v) is 21.4. The molecule has 334 valence electrons. The average molecular weight is 1030 g/mol. The fourth-order valence-corrected chi connectivity index (χ4v) is 7.44. The zero-order chi connectivity index (χ0) is 47.1. The third-order valence-electron chi connectivity index (χ3n) is 8.35. The van der Waals surface area contributed by atoms with Crippen LogP contribution >= 0.6 is 69.6 Å². The van der Waals surface area contributed by atoms with Crippen molar-refractivity contribution in [3.8, 4) is 23.0 Å². The van der Waals surface area contributed by atoms with Gasteiger partial charge in [0.15, 0.2) is 22.9 Å². The van der Waals surface area contributed by atoms with Crippen molar-refractivity contribution in [3.05, 3.63) is 144 Å². The van der Waals surface area contributed by atoms with Crippen LogP contribution in [0.2, 0.25) is 30.1 Å². The van der Waals surface area contributed by atoms with Crippen LogP contribution in [0.4, 0.5) is 54.8 Å². The minimum Gasteiger partial charge on any atom is -0.455 e. The van der Waals surface area contributed by atoms with E-state index < -0.39 is 96.8 Å². The SMILES string of the molecule is CS(=O)(=O)Nc1ccc(Oc2cccnc2C(F)(F)F)cc1C(=O)Nc1cc(Oc2cccnc2C(F)(F)F)cc(C(=O)N(c2cc(Cl)c(Cl)c(Cl)c2)c2cc(Cl)c(Cl)c(Cl)c2)c1N. The topological polar surface area (TPSA) is 166 Å². The molecule has 0 bridgehead atoms.